The van der Waals surface area contributed by atoms with Crippen molar-refractivity contribution in [3.05, 3.63) is 45.7 Å². The van der Waals surface area contributed by atoms with Gasteiger partial charge in [-0.3, -0.25) is 0 Å². The van der Waals surface area contributed by atoms with Gasteiger partial charge in [0.15, 0.2) is 0 Å². The first-order chi connectivity index (χ1) is 10.1. The first-order valence-electron chi connectivity index (χ1n) is 6.49. The molecule has 0 bridgehead atoms. The molecular formula is C15H17F2NO2S. The fraction of sp³-hybridized carbons (Fsp3) is 0.333. The fourth-order valence-corrected chi connectivity index (χ4v) is 3.03. The maximum atomic E-state index is 14.3. The Balaban J connectivity index is 2.47. The van der Waals surface area contributed by atoms with E-state index in [4.69, 9.17) is 9.47 Å². The summed E-state index contributed by atoms with van der Waals surface area (Å²) in [7, 11) is 2.93. The topological polar surface area (TPSA) is 30.5 Å². The summed E-state index contributed by atoms with van der Waals surface area (Å²) >= 11 is 1.39. The lowest BCUT2D eigenvalue weighted by molar-refractivity contribution is 0.403. The highest BCUT2D eigenvalue weighted by Crippen LogP contribution is 2.34. The number of hydrogen-bond donors (Lipinski definition) is 1. The minimum Gasteiger partial charge on any atom is -0.497 e. The molecule has 0 spiro atoms. The molecule has 0 aliphatic rings. The quantitative estimate of drug-likeness (QED) is 0.881. The molecule has 3 nitrogen and oxygen atoms in total. The zero-order chi connectivity index (χ0) is 15.4. The summed E-state index contributed by atoms with van der Waals surface area (Å²) in [6, 6.07) is 3.59. The minimum absolute atomic E-state index is 0.0119. The third-order valence-electron chi connectivity index (χ3n) is 3.10. The number of benzene rings is 1. The molecule has 6 heteroatoms. The van der Waals surface area contributed by atoms with Crippen molar-refractivity contribution < 1.29 is 18.3 Å². The molecule has 0 fully saturated rings. The normalized spacial score (nSPS) is 12.2. The van der Waals surface area contributed by atoms with Crippen LogP contribution in [0.15, 0.2) is 23.6 Å². The number of thiophene rings is 1. The van der Waals surface area contributed by atoms with Crippen LogP contribution in [0.3, 0.4) is 0 Å². The van der Waals surface area contributed by atoms with E-state index in [0.717, 1.165) is 4.88 Å². The second kappa shape index (κ2) is 6.87. The van der Waals surface area contributed by atoms with Gasteiger partial charge >= 0.3 is 0 Å². The first kappa shape index (κ1) is 15.7. The van der Waals surface area contributed by atoms with E-state index >= 15 is 0 Å². The van der Waals surface area contributed by atoms with Gasteiger partial charge in [0.1, 0.15) is 23.1 Å². The molecule has 0 saturated carbocycles. The van der Waals surface area contributed by atoms with Gasteiger partial charge in [-0.05, 0) is 12.6 Å². The van der Waals surface area contributed by atoms with Crippen molar-refractivity contribution in [3.8, 4) is 11.5 Å². The molecule has 2 rings (SSSR count). The van der Waals surface area contributed by atoms with Crippen molar-refractivity contribution in [1.29, 1.82) is 0 Å². The molecule has 1 atom stereocenters. The molecule has 114 valence electrons. The largest absolute Gasteiger partial charge is 0.497 e. The maximum Gasteiger partial charge on any atom is 0.134 e. The summed E-state index contributed by atoms with van der Waals surface area (Å²) in [6.45, 7) is 2.47. The Bertz CT molecular complexity index is 592. The lowest BCUT2D eigenvalue weighted by atomic mass is 10.0. The van der Waals surface area contributed by atoms with Crippen LogP contribution in [0.5, 0.6) is 11.5 Å². The van der Waals surface area contributed by atoms with Crippen molar-refractivity contribution >= 4 is 11.3 Å². The van der Waals surface area contributed by atoms with Crippen molar-refractivity contribution in [2.45, 2.75) is 13.0 Å². The average molecular weight is 313 g/mol. The molecule has 0 saturated heterocycles. The van der Waals surface area contributed by atoms with Crippen molar-refractivity contribution in [2.24, 2.45) is 0 Å². The van der Waals surface area contributed by atoms with E-state index in [-0.39, 0.29) is 11.3 Å². The smallest absolute Gasteiger partial charge is 0.134 e. The first-order valence-corrected chi connectivity index (χ1v) is 7.37. The van der Waals surface area contributed by atoms with Crippen LogP contribution >= 0.6 is 11.3 Å². The number of nitrogens with one attached hydrogen (secondary N) is 1. The van der Waals surface area contributed by atoms with Gasteiger partial charge in [0, 0.05) is 28.0 Å². The molecule has 21 heavy (non-hydrogen) atoms. The molecule has 1 heterocycles. The summed E-state index contributed by atoms with van der Waals surface area (Å²) in [5, 5.41) is 4.91. The van der Waals surface area contributed by atoms with Crippen LogP contribution in [-0.2, 0) is 0 Å². The Morgan fingerprint density at radius 3 is 2.19 bits per heavy atom. The van der Waals surface area contributed by atoms with E-state index in [1.165, 1.54) is 30.6 Å². The maximum absolute atomic E-state index is 14.3. The van der Waals surface area contributed by atoms with Crippen LogP contribution < -0.4 is 14.8 Å². The summed E-state index contributed by atoms with van der Waals surface area (Å²) in [5.41, 5.74) is -0.0119. The highest BCUT2D eigenvalue weighted by molar-refractivity contribution is 7.10. The third-order valence-corrected chi connectivity index (χ3v) is 4.08. The summed E-state index contributed by atoms with van der Waals surface area (Å²) in [4.78, 5) is 0.789. The van der Waals surface area contributed by atoms with E-state index in [1.807, 2.05) is 6.92 Å². The Hall–Kier alpha value is -1.66. The summed E-state index contributed by atoms with van der Waals surface area (Å²) in [5.74, 6) is -0.435. The number of hydrogen-bond acceptors (Lipinski definition) is 4. The molecular weight excluding hydrogens is 296 g/mol. The lowest BCUT2D eigenvalue weighted by Crippen LogP contribution is -2.23. The Morgan fingerprint density at radius 1 is 1.10 bits per heavy atom. The molecule has 1 unspecified atom stereocenters. The lowest BCUT2D eigenvalue weighted by Gasteiger charge is -2.19. The molecule has 0 aliphatic carbocycles. The van der Waals surface area contributed by atoms with Crippen LogP contribution in [-0.4, -0.2) is 20.8 Å². The highest BCUT2D eigenvalue weighted by atomic mass is 32.1. The highest BCUT2D eigenvalue weighted by Gasteiger charge is 2.24. The number of rotatable bonds is 6. The van der Waals surface area contributed by atoms with E-state index in [2.05, 4.69) is 5.32 Å². The van der Waals surface area contributed by atoms with Gasteiger partial charge in [0.05, 0.1) is 20.3 Å². The van der Waals surface area contributed by atoms with Crippen LogP contribution in [0.4, 0.5) is 8.78 Å². The van der Waals surface area contributed by atoms with Gasteiger partial charge in [0.2, 0.25) is 0 Å². The van der Waals surface area contributed by atoms with Gasteiger partial charge < -0.3 is 14.8 Å². The van der Waals surface area contributed by atoms with Gasteiger partial charge in [-0.2, -0.15) is 0 Å². The van der Waals surface area contributed by atoms with Crippen LogP contribution in [0.2, 0.25) is 0 Å². The predicted octanol–water partition coefficient (Wildman–Crippen LogP) is 3.74. The van der Waals surface area contributed by atoms with Gasteiger partial charge in [-0.25, -0.2) is 8.78 Å². The zero-order valence-corrected chi connectivity index (χ0v) is 12.9. The molecule has 2 aromatic rings. The molecule has 1 aromatic carbocycles. The summed E-state index contributed by atoms with van der Waals surface area (Å²) < 4.78 is 38.5. The van der Waals surface area contributed by atoms with Crippen LogP contribution in [0.1, 0.15) is 23.4 Å². The van der Waals surface area contributed by atoms with Crippen molar-refractivity contribution in [2.75, 3.05) is 20.8 Å². The Morgan fingerprint density at radius 2 is 1.71 bits per heavy atom. The molecule has 0 amide bonds. The predicted molar refractivity (Wildman–Crippen MR) is 79.3 cm³/mol. The van der Waals surface area contributed by atoms with Crippen molar-refractivity contribution in [3.63, 3.8) is 0 Å². The number of ether oxygens (including phenoxy) is 2. The van der Waals surface area contributed by atoms with E-state index in [1.54, 1.807) is 18.6 Å². The fourth-order valence-electron chi connectivity index (χ4n) is 2.10. The van der Waals surface area contributed by atoms with E-state index in [9.17, 15) is 8.78 Å². The molecule has 1 aromatic heterocycles. The standard InChI is InChI=1S/C15H17F2NO2S/c1-4-18-15(13-7-10(20-3)8-21-13)14-11(16)5-9(19-2)6-12(14)17/h5-8,15,18H,4H2,1-3H3. The number of halogens is 2. The molecule has 0 radical (unpaired) electrons. The summed E-state index contributed by atoms with van der Waals surface area (Å²) in [6.07, 6.45) is 0. The van der Waals surface area contributed by atoms with Crippen molar-refractivity contribution in [1.82, 2.24) is 5.32 Å². The molecule has 1 N–H and O–H groups in total. The van der Waals surface area contributed by atoms with Crippen LogP contribution in [0, 0.1) is 11.6 Å². The Kier molecular flexibility index (Phi) is 5.14. The van der Waals surface area contributed by atoms with E-state index in [0.29, 0.717) is 12.3 Å². The van der Waals surface area contributed by atoms with Gasteiger partial charge in [0.25, 0.3) is 0 Å². The third kappa shape index (κ3) is 3.33. The second-order valence-electron chi connectivity index (χ2n) is 4.38. The number of methoxy groups -OCH3 is 2. The van der Waals surface area contributed by atoms with Crippen LogP contribution in [0.25, 0.3) is 0 Å². The van der Waals surface area contributed by atoms with Gasteiger partial charge in [-0.15, -0.1) is 11.3 Å². The SMILES string of the molecule is CCNC(c1cc(OC)cs1)c1c(F)cc(OC)cc1F. The monoisotopic (exact) mass is 313 g/mol. The second-order valence-corrected chi connectivity index (χ2v) is 5.33. The zero-order valence-electron chi connectivity index (χ0n) is 12.1. The van der Waals surface area contributed by atoms with Gasteiger partial charge in [-0.1, -0.05) is 6.92 Å². The minimum atomic E-state index is -0.634. The van der Waals surface area contributed by atoms with E-state index < -0.39 is 17.7 Å². The molecule has 0 aliphatic heterocycles. The average Bonchev–Trinajstić information content (AvgIpc) is 2.94. The Labute approximate surface area is 126 Å².